The molecule has 0 fully saturated rings. The van der Waals surface area contributed by atoms with Crippen LogP contribution in [0.15, 0.2) is 30.3 Å². The summed E-state index contributed by atoms with van der Waals surface area (Å²) in [4.78, 5) is 11.6. The summed E-state index contributed by atoms with van der Waals surface area (Å²) in [6.07, 6.45) is 0. The van der Waals surface area contributed by atoms with Crippen LogP contribution in [0.4, 0.5) is 0 Å². The number of aryl methyl sites for hydroxylation is 1. The second-order valence-electron chi connectivity index (χ2n) is 3.89. The van der Waals surface area contributed by atoms with E-state index in [0.717, 1.165) is 16.8 Å². The Balaban J connectivity index is 2.57. The monoisotopic (exact) mass is 229 g/mol. The van der Waals surface area contributed by atoms with Crippen LogP contribution in [0.25, 0.3) is 11.3 Å². The van der Waals surface area contributed by atoms with Gasteiger partial charge in [-0.3, -0.25) is 9.48 Å². The Morgan fingerprint density at radius 2 is 1.94 bits per heavy atom. The number of aromatic nitrogens is 2. The highest BCUT2D eigenvalue weighted by Gasteiger charge is 2.18. The first kappa shape index (κ1) is 11.4. The number of nitrogens with zero attached hydrogens (tertiary/aromatic N) is 2. The smallest absolute Gasteiger partial charge is 0.271 e. The molecule has 4 nitrogen and oxygen atoms in total. The molecule has 0 bridgehead atoms. The lowest BCUT2D eigenvalue weighted by molar-refractivity contribution is 0.0957. The van der Waals surface area contributed by atoms with Crippen molar-refractivity contribution in [1.29, 1.82) is 0 Å². The minimum atomic E-state index is -0.153. The van der Waals surface area contributed by atoms with Crippen LogP contribution < -0.4 is 5.32 Å². The van der Waals surface area contributed by atoms with Crippen LogP contribution in [-0.2, 0) is 7.05 Å². The summed E-state index contributed by atoms with van der Waals surface area (Å²) < 4.78 is 1.75. The molecule has 88 valence electrons. The van der Waals surface area contributed by atoms with Crippen LogP contribution in [0.1, 0.15) is 16.1 Å². The number of carbonyl (C=O) groups is 1. The molecule has 1 aromatic heterocycles. The van der Waals surface area contributed by atoms with E-state index in [0.29, 0.717) is 5.69 Å². The lowest BCUT2D eigenvalue weighted by Gasteiger charge is -2.03. The van der Waals surface area contributed by atoms with Gasteiger partial charge in [-0.25, -0.2) is 0 Å². The largest absolute Gasteiger partial charge is 0.354 e. The Morgan fingerprint density at radius 1 is 1.29 bits per heavy atom. The van der Waals surface area contributed by atoms with Gasteiger partial charge < -0.3 is 5.32 Å². The second-order valence-corrected chi connectivity index (χ2v) is 3.89. The molecule has 0 spiro atoms. The van der Waals surface area contributed by atoms with Crippen LogP contribution >= 0.6 is 0 Å². The summed E-state index contributed by atoms with van der Waals surface area (Å²) in [5.74, 6) is -0.153. The summed E-state index contributed by atoms with van der Waals surface area (Å²) in [6, 6.07) is 9.94. The van der Waals surface area contributed by atoms with E-state index >= 15 is 0 Å². The zero-order valence-corrected chi connectivity index (χ0v) is 10.2. The molecule has 0 unspecified atom stereocenters. The predicted molar refractivity (Wildman–Crippen MR) is 66.8 cm³/mol. The van der Waals surface area contributed by atoms with Crippen LogP contribution in [0.5, 0.6) is 0 Å². The Bertz CT molecular complexity index is 543. The van der Waals surface area contributed by atoms with Crippen molar-refractivity contribution in [3.8, 4) is 11.3 Å². The third-order valence-electron chi connectivity index (χ3n) is 2.77. The second kappa shape index (κ2) is 4.41. The number of hydrogen-bond acceptors (Lipinski definition) is 2. The van der Waals surface area contributed by atoms with E-state index in [1.54, 1.807) is 11.7 Å². The lowest BCUT2D eigenvalue weighted by Crippen LogP contribution is -2.19. The molecule has 1 aromatic carbocycles. The van der Waals surface area contributed by atoms with Gasteiger partial charge in [0.1, 0.15) is 0 Å². The summed E-state index contributed by atoms with van der Waals surface area (Å²) >= 11 is 0. The normalized spacial score (nSPS) is 10.3. The SMILES string of the molecule is CNC(=O)c1nn(C)c(-c2ccccc2)c1C. The molecule has 0 aliphatic heterocycles. The predicted octanol–water partition coefficient (Wildman–Crippen LogP) is 1.76. The molecule has 0 saturated carbocycles. The highest BCUT2D eigenvalue weighted by molar-refractivity contribution is 5.95. The van der Waals surface area contributed by atoms with Crippen molar-refractivity contribution in [2.75, 3.05) is 7.05 Å². The maximum atomic E-state index is 11.6. The quantitative estimate of drug-likeness (QED) is 0.852. The molecule has 0 saturated heterocycles. The fraction of sp³-hybridized carbons (Fsp3) is 0.231. The molecular weight excluding hydrogens is 214 g/mol. The Hall–Kier alpha value is -2.10. The van der Waals surface area contributed by atoms with E-state index in [-0.39, 0.29) is 5.91 Å². The number of amides is 1. The molecule has 0 atom stereocenters. The molecule has 1 heterocycles. The van der Waals surface area contributed by atoms with Crippen molar-refractivity contribution in [3.05, 3.63) is 41.6 Å². The van der Waals surface area contributed by atoms with E-state index in [1.807, 2.05) is 44.3 Å². The molecule has 0 radical (unpaired) electrons. The maximum Gasteiger partial charge on any atom is 0.271 e. The summed E-state index contributed by atoms with van der Waals surface area (Å²) in [5.41, 5.74) is 3.42. The Kier molecular flexibility index (Phi) is 2.95. The summed E-state index contributed by atoms with van der Waals surface area (Å²) in [5, 5.41) is 6.86. The van der Waals surface area contributed by atoms with Crippen LogP contribution in [0.3, 0.4) is 0 Å². The fourth-order valence-corrected chi connectivity index (χ4v) is 1.96. The van der Waals surface area contributed by atoms with E-state index in [1.165, 1.54) is 0 Å². The first-order valence-corrected chi connectivity index (χ1v) is 5.46. The van der Waals surface area contributed by atoms with Crippen molar-refractivity contribution < 1.29 is 4.79 Å². The third-order valence-corrected chi connectivity index (χ3v) is 2.77. The topological polar surface area (TPSA) is 46.9 Å². The van der Waals surface area contributed by atoms with Gasteiger partial charge in [0.2, 0.25) is 0 Å². The van der Waals surface area contributed by atoms with E-state index in [2.05, 4.69) is 10.4 Å². The van der Waals surface area contributed by atoms with Crippen LogP contribution in [0.2, 0.25) is 0 Å². The minimum absolute atomic E-state index is 0.153. The molecule has 17 heavy (non-hydrogen) atoms. The van der Waals surface area contributed by atoms with E-state index < -0.39 is 0 Å². The van der Waals surface area contributed by atoms with Crippen molar-refractivity contribution in [2.45, 2.75) is 6.92 Å². The molecular formula is C13H15N3O. The van der Waals surface area contributed by atoms with Crippen molar-refractivity contribution in [1.82, 2.24) is 15.1 Å². The highest BCUT2D eigenvalue weighted by Crippen LogP contribution is 2.24. The molecule has 1 amide bonds. The van der Waals surface area contributed by atoms with Crippen molar-refractivity contribution in [2.24, 2.45) is 7.05 Å². The van der Waals surface area contributed by atoms with Crippen molar-refractivity contribution in [3.63, 3.8) is 0 Å². The Morgan fingerprint density at radius 3 is 2.53 bits per heavy atom. The van der Waals surface area contributed by atoms with Gasteiger partial charge in [-0.05, 0) is 6.92 Å². The lowest BCUT2D eigenvalue weighted by atomic mass is 10.1. The molecule has 2 rings (SSSR count). The van der Waals surface area contributed by atoms with Crippen LogP contribution in [-0.4, -0.2) is 22.7 Å². The van der Waals surface area contributed by atoms with E-state index in [9.17, 15) is 4.79 Å². The Labute approximate surface area is 100 Å². The van der Waals surface area contributed by atoms with Crippen LogP contribution in [0, 0.1) is 6.92 Å². The number of benzene rings is 1. The number of nitrogens with one attached hydrogen (secondary N) is 1. The molecule has 0 aliphatic carbocycles. The average Bonchev–Trinajstić information content (AvgIpc) is 2.65. The molecule has 4 heteroatoms. The molecule has 0 aliphatic rings. The van der Waals surface area contributed by atoms with Gasteiger partial charge in [-0.15, -0.1) is 0 Å². The number of hydrogen-bond donors (Lipinski definition) is 1. The van der Waals surface area contributed by atoms with Crippen molar-refractivity contribution >= 4 is 5.91 Å². The van der Waals surface area contributed by atoms with E-state index in [4.69, 9.17) is 0 Å². The zero-order chi connectivity index (χ0) is 12.4. The number of rotatable bonds is 2. The highest BCUT2D eigenvalue weighted by atomic mass is 16.1. The minimum Gasteiger partial charge on any atom is -0.354 e. The van der Waals surface area contributed by atoms with Gasteiger partial charge >= 0.3 is 0 Å². The standard InChI is InChI=1S/C13H15N3O/c1-9-11(13(17)14-2)15-16(3)12(9)10-7-5-4-6-8-10/h4-8H,1-3H3,(H,14,17). The summed E-state index contributed by atoms with van der Waals surface area (Å²) in [7, 11) is 3.46. The number of carbonyl (C=O) groups excluding carboxylic acids is 1. The molecule has 1 N–H and O–H groups in total. The van der Waals surface area contributed by atoms with Gasteiger partial charge in [0.25, 0.3) is 5.91 Å². The maximum absolute atomic E-state index is 11.6. The summed E-state index contributed by atoms with van der Waals surface area (Å²) in [6.45, 7) is 1.92. The van der Waals surface area contributed by atoms with Gasteiger partial charge in [0.05, 0.1) is 5.69 Å². The molecule has 2 aromatic rings. The first-order valence-electron chi connectivity index (χ1n) is 5.46. The third kappa shape index (κ3) is 1.93. The van der Waals surface area contributed by atoms with Gasteiger partial charge in [0.15, 0.2) is 5.69 Å². The first-order chi connectivity index (χ1) is 8.15. The zero-order valence-electron chi connectivity index (χ0n) is 10.2. The van der Waals surface area contributed by atoms with Gasteiger partial charge in [-0.2, -0.15) is 5.10 Å². The average molecular weight is 229 g/mol. The van der Waals surface area contributed by atoms with Gasteiger partial charge in [-0.1, -0.05) is 30.3 Å². The fourth-order valence-electron chi connectivity index (χ4n) is 1.96. The van der Waals surface area contributed by atoms with Gasteiger partial charge in [0, 0.05) is 25.2 Å².